The first kappa shape index (κ1) is 19.2. The first-order valence-electron chi connectivity index (χ1n) is 9.87. The summed E-state index contributed by atoms with van der Waals surface area (Å²) in [4.78, 5) is 18.5. The largest absolute Gasteiger partial charge is 0.322 e. The molecule has 6 nitrogen and oxygen atoms in total. The molecule has 1 atom stereocenters. The van der Waals surface area contributed by atoms with Crippen molar-refractivity contribution in [3.8, 4) is 11.3 Å². The van der Waals surface area contributed by atoms with Crippen LogP contribution in [0.1, 0.15) is 29.8 Å². The number of carbonyl (C=O) groups is 1. The number of urea groups is 1. The Morgan fingerprint density at radius 1 is 1.13 bits per heavy atom. The minimum absolute atomic E-state index is 0.261. The number of aromatic amines is 1. The minimum atomic E-state index is -0.674. The van der Waals surface area contributed by atoms with Gasteiger partial charge in [-0.2, -0.15) is 5.10 Å². The van der Waals surface area contributed by atoms with E-state index < -0.39 is 17.7 Å². The van der Waals surface area contributed by atoms with Crippen LogP contribution in [-0.2, 0) is 6.54 Å². The number of aryl methyl sites for hydroxylation is 1. The topological polar surface area (TPSA) is 73.9 Å². The third-order valence-electron chi connectivity index (χ3n) is 5.68. The zero-order valence-corrected chi connectivity index (χ0v) is 16.9. The zero-order valence-electron chi connectivity index (χ0n) is 16.9. The number of halogens is 2. The van der Waals surface area contributed by atoms with Crippen molar-refractivity contribution in [2.45, 2.75) is 26.4 Å². The van der Waals surface area contributed by atoms with E-state index in [1.165, 1.54) is 17.0 Å². The molecule has 0 saturated carbocycles. The quantitative estimate of drug-likeness (QED) is 0.472. The molecule has 4 aromatic rings. The molecule has 0 saturated heterocycles. The van der Waals surface area contributed by atoms with Crippen molar-refractivity contribution in [3.63, 3.8) is 0 Å². The van der Waals surface area contributed by atoms with Crippen molar-refractivity contribution in [2.24, 2.45) is 0 Å². The van der Waals surface area contributed by atoms with Crippen molar-refractivity contribution in [3.05, 3.63) is 77.1 Å². The average molecular weight is 419 g/mol. The summed E-state index contributed by atoms with van der Waals surface area (Å²) < 4.78 is 27.6. The van der Waals surface area contributed by atoms with Crippen LogP contribution < -0.4 is 5.32 Å². The monoisotopic (exact) mass is 419 g/mol. The molecule has 2 aromatic heterocycles. The van der Waals surface area contributed by atoms with Gasteiger partial charge in [0.05, 0.1) is 18.1 Å². The Morgan fingerprint density at radius 2 is 1.97 bits per heavy atom. The molecule has 1 aliphatic rings. The predicted molar refractivity (Wildman–Crippen MR) is 113 cm³/mol. The molecular weight excluding hydrogens is 400 g/mol. The summed E-state index contributed by atoms with van der Waals surface area (Å²) in [5, 5.41) is 11.3. The SMILES string of the molecule is Cc1cc(-c2n[nH]c3cc4c(cc23)CN(C(C)c2ccc(F)cc2F)C(=O)N4)ccn1. The highest BCUT2D eigenvalue weighted by molar-refractivity contribution is 6.00. The number of benzene rings is 2. The summed E-state index contributed by atoms with van der Waals surface area (Å²) in [5.41, 5.74) is 5.25. The van der Waals surface area contributed by atoms with Gasteiger partial charge in [0.1, 0.15) is 17.3 Å². The van der Waals surface area contributed by atoms with E-state index in [1.54, 1.807) is 13.1 Å². The summed E-state index contributed by atoms with van der Waals surface area (Å²) in [5.74, 6) is -1.32. The van der Waals surface area contributed by atoms with E-state index in [4.69, 9.17) is 0 Å². The van der Waals surface area contributed by atoms with E-state index in [9.17, 15) is 13.6 Å². The summed E-state index contributed by atoms with van der Waals surface area (Å²) in [6.07, 6.45) is 1.74. The maximum absolute atomic E-state index is 14.3. The van der Waals surface area contributed by atoms with E-state index >= 15 is 0 Å². The van der Waals surface area contributed by atoms with Gasteiger partial charge in [-0.1, -0.05) is 6.07 Å². The lowest BCUT2D eigenvalue weighted by Crippen LogP contribution is -2.40. The van der Waals surface area contributed by atoms with E-state index in [2.05, 4.69) is 20.5 Å². The molecule has 31 heavy (non-hydrogen) atoms. The molecule has 156 valence electrons. The summed E-state index contributed by atoms with van der Waals surface area (Å²) >= 11 is 0. The fourth-order valence-electron chi connectivity index (χ4n) is 4.03. The molecule has 0 aliphatic carbocycles. The lowest BCUT2D eigenvalue weighted by atomic mass is 10.0. The molecule has 2 N–H and O–H groups in total. The molecule has 2 aromatic carbocycles. The summed E-state index contributed by atoms with van der Waals surface area (Å²) in [6.45, 7) is 3.93. The Balaban J connectivity index is 1.54. The van der Waals surface area contributed by atoms with Crippen molar-refractivity contribution in [1.29, 1.82) is 0 Å². The van der Waals surface area contributed by atoms with Crippen LogP contribution in [-0.4, -0.2) is 26.1 Å². The van der Waals surface area contributed by atoms with Gasteiger partial charge in [0.15, 0.2) is 0 Å². The molecule has 2 amide bonds. The number of H-pyrrole nitrogens is 1. The zero-order chi connectivity index (χ0) is 21.7. The number of carbonyl (C=O) groups excluding carboxylic acids is 1. The lowest BCUT2D eigenvalue weighted by Gasteiger charge is -2.34. The van der Waals surface area contributed by atoms with Crippen LogP contribution in [0.25, 0.3) is 22.2 Å². The van der Waals surface area contributed by atoms with Crippen molar-refractivity contribution < 1.29 is 13.6 Å². The molecule has 3 heterocycles. The van der Waals surface area contributed by atoms with Gasteiger partial charge in [-0.15, -0.1) is 0 Å². The molecule has 1 aliphatic heterocycles. The van der Waals surface area contributed by atoms with Crippen LogP contribution in [0.4, 0.5) is 19.3 Å². The number of fused-ring (bicyclic) bond motifs is 2. The first-order chi connectivity index (χ1) is 14.9. The number of rotatable bonds is 3. The van der Waals surface area contributed by atoms with Gasteiger partial charge in [0, 0.05) is 40.2 Å². The second kappa shape index (κ2) is 7.16. The third-order valence-corrected chi connectivity index (χ3v) is 5.68. The highest BCUT2D eigenvalue weighted by Crippen LogP contribution is 2.36. The number of nitrogens with one attached hydrogen (secondary N) is 2. The standard InChI is InChI=1S/C23H19F2N5O/c1-12-7-14(5-6-26-12)22-18-8-15-11-30(13(2)17-4-3-16(24)9-19(17)25)23(31)27-20(15)10-21(18)28-29-22/h3-10,13H,11H2,1-2H3,(H,27,31)(H,28,29). The second-order valence-electron chi connectivity index (χ2n) is 7.71. The van der Waals surface area contributed by atoms with Gasteiger partial charge in [-0.05, 0) is 49.7 Å². The van der Waals surface area contributed by atoms with Crippen LogP contribution in [0.2, 0.25) is 0 Å². The number of pyridine rings is 1. The average Bonchev–Trinajstić information content (AvgIpc) is 3.14. The van der Waals surface area contributed by atoms with E-state index in [1.807, 2.05) is 31.2 Å². The van der Waals surface area contributed by atoms with E-state index in [0.29, 0.717) is 5.69 Å². The second-order valence-corrected chi connectivity index (χ2v) is 7.71. The Hall–Kier alpha value is -3.81. The minimum Gasteiger partial charge on any atom is -0.313 e. The highest BCUT2D eigenvalue weighted by atomic mass is 19.1. The number of nitrogens with zero attached hydrogens (tertiary/aromatic N) is 3. The van der Waals surface area contributed by atoms with Crippen LogP contribution in [0.15, 0.2) is 48.7 Å². The third kappa shape index (κ3) is 3.30. The Labute approximate surface area is 176 Å². The fourth-order valence-corrected chi connectivity index (χ4v) is 4.03. The maximum atomic E-state index is 14.3. The Kier molecular flexibility index (Phi) is 4.43. The number of anilines is 1. The highest BCUT2D eigenvalue weighted by Gasteiger charge is 2.29. The molecule has 0 bridgehead atoms. The number of amides is 2. The normalized spacial score (nSPS) is 14.5. The Morgan fingerprint density at radius 3 is 2.74 bits per heavy atom. The van der Waals surface area contributed by atoms with E-state index in [0.717, 1.165) is 39.5 Å². The van der Waals surface area contributed by atoms with Gasteiger partial charge < -0.3 is 10.2 Å². The molecule has 5 rings (SSSR count). The summed E-state index contributed by atoms with van der Waals surface area (Å²) in [6, 6.07) is 10.2. The fraction of sp³-hybridized carbons (Fsp3) is 0.174. The number of hydrogen-bond acceptors (Lipinski definition) is 3. The van der Waals surface area contributed by atoms with Crippen LogP contribution in [0, 0.1) is 18.6 Å². The van der Waals surface area contributed by atoms with Gasteiger partial charge in [0.25, 0.3) is 0 Å². The molecule has 0 spiro atoms. The molecule has 0 radical (unpaired) electrons. The van der Waals surface area contributed by atoms with Gasteiger partial charge >= 0.3 is 6.03 Å². The van der Waals surface area contributed by atoms with E-state index in [-0.39, 0.29) is 18.1 Å². The van der Waals surface area contributed by atoms with Crippen molar-refractivity contribution >= 4 is 22.6 Å². The van der Waals surface area contributed by atoms with Gasteiger partial charge in [-0.25, -0.2) is 13.6 Å². The van der Waals surface area contributed by atoms with Crippen LogP contribution in [0.3, 0.4) is 0 Å². The first-order valence-corrected chi connectivity index (χ1v) is 9.87. The van der Waals surface area contributed by atoms with Crippen molar-refractivity contribution in [1.82, 2.24) is 20.1 Å². The maximum Gasteiger partial charge on any atom is 0.322 e. The molecule has 0 fully saturated rings. The van der Waals surface area contributed by atoms with Gasteiger partial charge in [0.2, 0.25) is 0 Å². The number of aromatic nitrogens is 3. The van der Waals surface area contributed by atoms with Gasteiger partial charge in [-0.3, -0.25) is 10.1 Å². The van der Waals surface area contributed by atoms with Crippen LogP contribution in [0.5, 0.6) is 0 Å². The van der Waals surface area contributed by atoms with Crippen LogP contribution >= 0.6 is 0 Å². The van der Waals surface area contributed by atoms with Crippen molar-refractivity contribution in [2.75, 3.05) is 5.32 Å². The Bertz CT molecular complexity index is 1330. The summed E-state index contributed by atoms with van der Waals surface area (Å²) in [7, 11) is 0. The molecular formula is C23H19F2N5O. The molecule has 8 heteroatoms. The smallest absolute Gasteiger partial charge is 0.313 e. The number of hydrogen-bond donors (Lipinski definition) is 2. The lowest BCUT2D eigenvalue weighted by molar-refractivity contribution is 0.185. The predicted octanol–water partition coefficient (Wildman–Crippen LogP) is 5.32. The molecule has 1 unspecified atom stereocenters.